The maximum atomic E-state index is 7.28. The molecule has 0 amide bonds. The number of nitrogens with zero attached hydrogens (tertiary/aromatic N) is 2. The normalized spacial score (nSPS) is 12.0. The Morgan fingerprint density at radius 2 is 1.04 bits per heavy atom. The first-order valence-corrected chi connectivity index (χ1v) is 7.70. The molecule has 0 saturated carbocycles. The van der Waals surface area contributed by atoms with Crippen molar-refractivity contribution < 1.29 is 0 Å². The van der Waals surface area contributed by atoms with E-state index in [0.29, 0.717) is 11.4 Å². The lowest BCUT2D eigenvalue weighted by atomic mass is 10.1. The van der Waals surface area contributed by atoms with Crippen LogP contribution in [0.4, 0.5) is 0 Å². The minimum absolute atomic E-state index is 0.262. The molecule has 0 unspecified atom stereocenters. The van der Waals surface area contributed by atoms with Crippen LogP contribution in [0.2, 0.25) is 0 Å². The van der Waals surface area contributed by atoms with Crippen LogP contribution in [0.15, 0.2) is 83.0 Å². The van der Waals surface area contributed by atoms with Gasteiger partial charge in [-0.15, -0.1) is 0 Å². The second-order valence-electron chi connectivity index (χ2n) is 5.11. The van der Waals surface area contributed by atoms with E-state index >= 15 is 0 Å². The third kappa shape index (κ3) is 5.93. The summed E-state index contributed by atoms with van der Waals surface area (Å²) in [5, 5.41) is 22.8. The largest absolute Gasteiger partial charge is 0.369 e. The van der Waals surface area contributed by atoms with Crippen LogP contribution in [0.1, 0.15) is 11.1 Å². The molecule has 8 heteroatoms. The maximum absolute atomic E-state index is 7.28. The van der Waals surface area contributed by atoms with Crippen molar-refractivity contribution in [1.29, 1.82) is 10.8 Å². The zero-order chi connectivity index (χ0) is 18.8. The van der Waals surface area contributed by atoms with E-state index in [2.05, 4.69) is 21.1 Å². The number of hydrogen-bond donors (Lipinski definition) is 6. The molecule has 0 aliphatic heterocycles. The summed E-state index contributed by atoms with van der Waals surface area (Å²) in [5.41, 5.74) is 18.3. The van der Waals surface area contributed by atoms with Gasteiger partial charge in [0.15, 0.2) is 0 Å². The van der Waals surface area contributed by atoms with Crippen molar-refractivity contribution in [1.82, 2.24) is 10.9 Å². The molecule has 0 aliphatic rings. The van der Waals surface area contributed by atoms with Crippen LogP contribution in [-0.4, -0.2) is 23.3 Å². The monoisotopic (exact) mass is 348 g/mol. The van der Waals surface area contributed by atoms with Gasteiger partial charge in [-0.25, -0.2) is 10.9 Å². The smallest absolute Gasteiger partial charge is 0.206 e. The first-order valence-electron chi connectivity index (χ1n) is 7.70. The number of benzene rings is 2. The highest BCUT2D eigenvalue weighted by Crippen LogP contribution is 2.06. The van der Waals surface area contributed by atoms with Crippen molar-refractivity contribution in [3.63, 3.8) is 0 Å². The van der Waals surface area contributed by atoms with E-state index in [9.17, 15) is 0 Å². The quantitative estimate of drug-likeness (QED) is 0.265. The molecule has 0 fully saturated rings. The summed E-state index contributed by atoms with van der Waals surface area (Å²) in [5.74, 6) is -0.524. The van der Waals surface area contributed by atoms with Gasteiger partial charge in [0, 0.05) is 11.1 Å². The average molecular weight is 348 g/mol. The Kier molecular flexibility index (Phi) is 6.64. The minimum atomic E-state index is -0.262. The van der Waals surface area contributed by atoms with Gasteiger partial charge in [-0.05, 0) is 12.2 Å². The fraction of sp³-hybridized carbons (Fsp3) is 0. The van der Waals surface area contributed by atoms with E-state index in [1.54, 1.807) is 12.2 Å². The van der Waals surface area contributed by atoms with Gasteiger partial charge in [-0.3, -0.25) is 10.8 Å². The van der Waals surface area contributed by atoms with Gasteiger partial charge in [0.25, 0.3) is 0 Å². The van der Waals surface area contributed by atoms with Crippen molar-refractivity contribution >= 4 is 23.3 Å². The van der Waals surface area contributed by atoms with Gasteiger partial charge in [0.2, 0.25) is 11.9 Å². The maximum Gasteiger partial charge on any atom is 0.206 e. The number of guanidine groups is 2. The summed E-state index contributed by atoms with van der Waals surface area (Å²) in [6, 6.07) is 18.9. The fourth-order valence-corrected chi connectivity index (χ4v) is 2.01. The number of hydrogen-bond acceptors (Lipinski definition) is 4. The highest BCUT2D eigenvalue weighted by Gasteiger charge is 2.03. The summed E-state index contributed by atoms with van der Waals surface area (Å²) in [4.78, 5) is 0. The molecular formula is C18H20N8. The SMILES string of the molecule is N=C(N)N\N=C(/C=C/C(=N\NC(=N)N)c1ccccc1)c1ccccc1. The lowest BCUT2D eigenvalue weighted by molar-refractivity contribution is 0.994. The predicted octanol–water partition coefficient (Wildman–Crippen LogP) is 1.32. The van der Waals surface area contributed by atoms with Gasteiger partial charge in [-0.2, -0.15) is 10.2 Å². The summed E-state index contributed by atoms with van der Waals surface area (Å²) in [7, 11) is 0. The standard InChI is InChI=1S/C18H20N8/c19-17(20)25-23-15(13-7-3-1-4-8-13)11-12-16(24-26-18(21)22)14-9-5-2-6-10-14/h1-12H,(H4,19,20,25)(H4,21,22,26)/b12-11+,23-15+,24-16+. The van der Waals surface area contributed by atoms with Gasteiger partial charge in [0.05, 0.1) is 11.4 Å². The van der Waals surface area contributed by atoms with E-state index in [0.717, 1.165) is 11.1 Å². The Hall–Kier alpha value is -3.94. The lowest BCUT2D eigenvalue weighted by Crippen LogP contribution is -2.27. The summed E-state index contributed by atoms with van der Waals surface area (Å²) in [6.07, 6.45) is 3.47. The molecule has 0 aliphatic carbocycles. The van der Waals surface area contributed by atoms with Gasteiger partial charge in [0.1, 0.15) is 0 Å². The number of nitrogens with two attached hydrogens (primary N) is 2. The second kappa shape index (κ2) is 9.38. The first-order chi connectivity index (χ1) is 12.6. The molecule has 0 aromatic heterocycles. The molecule has 132 valence electrons. The molecule has 0 bridgehead atoms. The molecule has 2 rings (SSSR count). The van der Waals surface area contributed by atoms with E-state index in [1.807, 2.05) is 60.7 Å². The van der Waals surface area contributed by atoms with Crippen molar-refractivity contribution in [2.24, 2.45) is 21.7 Å². The minimum Gasteiger partial charge on any atom is -0.369 e. The molecule has 8 N–H and O–H groups in total. The number of nitrogens with one attached hydrogen (secondary N) is 4. The zero-order valence-corrected chi connectivity index (χ0v) is 14.0. The lowest BCUT2D eigenvalue weighted by Gasteiger charge is -2.05. The fourth-order valence-electron chi connectivity index (χ4n) is 2.01. The molecular weight excluding hydrogens is 328 g/mol. The molecule has 0 heterocycles. The average Bonchev–Trinajstić information content (AvgIpc) is 2.65. The van der Waals surface area contributed by atoms with Crippen LogP contribution in [-0.2, 0) is 0 Å². The van der Waals surface area contributed by atoms with Crippen LogP contribution in [0, 0.1) is 10.8 Å². The number of hydrazone groups is 2. The molecule has 8 nitrogen and oxygen atoms in total. The summed E-state index contributed by atoms with van der Waals surface area (Å²) in [6.45, 7) is 0. The third-order valence-electron chi connectivity index (χ3n) is 3.13. The Balaban J connectivity index is 2.37. The van der Waals surface area contributed by atoms with Gasteiger partial charge >= 0.3 is 0 Å². The third-order valence-corrected chi connectivity index (χ3v) is 3.13. The predicted molar refractivity (Wildman–Crippen MR) is 105 cm³/mol. The Bertz CT molecular complexity index is 767. The number of allylic oxidation sites excluding steroid dienone is 2. The van der Waals surface area contributed by atoms with Crippen molar-refractivity contribution in [2.75, 3.05) is 0 Å². The molecule has 26 heavy (non-hydrogen) atoms. The van der Waals surface area contributed by atoms with Crippen molar-refractivity contribution in [3.05, 3.63) is 83.9 Å². The molecule has 0 spiro atoms. The summed E-state index contributed by atoms with van der Waals surface area (Å²) >= 11 is 0. The van der Waals surface area contributed by atoms with Gasteiger partial charge < -0.3 is 11.5 Å². The van der Waals surface area contributed by atoms with Crippen LogP contribution in [0.5, 0.6) is 0 Å². The van der Waals surface area contributed by atoms with Crippen LogP contribution >= 0.6 is 0 Å². The number of rotatable bonds is 6. The second-order valence-corrected chi connectivity index (χ2v) is 5.11. The van der Waals surface area contributed by atoms with Crippen LogP contribution in [0.25, 0.3) is 0 Å². The van der Waals surface area contributed by atoms with E-state index in [-0.39, 0.29) is 11.9 Å². The summed E-state index contributed by atoms with van der Waals surface area (Å²) < 4.78 is 0. The van der Waals surface area contributed by atoms with Crippen LogP contribution in [0.3, 0.4) is 0 Å². The molecule has 0 saturated heterocycles. The van der Waals surface area contributed by atoms with Crippen LogP contribution < -0.4 is 22.3 Å². The van der Waals surface area contributed by atoms with E-state index < -0.39 is 0 Å². The highest BCUT2D eigenvalue weighted by molar-refractivity contribution is 6.16. The molecule has 2 aromatic rings. The Morgan fingerprint density at radius 1 is 0.692 bits per heavy atom. The molecule has 0 radical (unpaired) electrons. The zero-order valence-electron chi connectivity index (χ0n) is 14.0. The topological polar surface area (TPSA) is 149 Å². The first kappa shape index (κ1) is 18.4. The van der Waals surface area contributed by atoms with E-state index in [4.69, 9.17) is 22.3 Å². The Morgan fingerprint density at radius 3 is 1.35 bits per heavy atom. The van der Waals surface area contributed by atoms with E-state index in [1.165, 1.54) is 0 Å². The molecule has 0 atom stereocenters. The highest BCUT2D eigenvalue weighted by atomic mass is 15.3. The van der Waals surface area contributed by atoms with Gasteiger partial charge in [-0.1, -0.05) is 60.7 Å². The van der Waals surface area contributed by atoms with Crippen molar-refractivity contribution in [3.8, 4) is 0 Å². The van der Waals surface area contributed by atoms with Crippen molar-refractivity contribution in [2.45, 2.75) is 0 Å². The molecule has 2 aromatic carbocycles. The Labute approximate surface area is 151 Å².